The van der Waals surface area contributed by atoms with Gasteiger partial charge in [-0.1, -0.05) is 12.1 Å². The minimum Gasteiger partial charge on any atom is -0.508 e. The lowest BCUT2D eigenvalue weighted by atomic mass is 10.0. The molecule has 0 bridgehead atoms. The van der Waals surface area contributed by atoms with Crippen molar-refractivity contribution in [2.75, 3.05) is 19.6 Å². The number of nitrogens with zero attached hydrogens (tertiary/aromatic N) is 4. The van der Waals surface area contributed by atoms with Crippen molar-refractivity contribution in [3.05, 3.63) is 46.8 Å². The fourth-order valence-electron chi connectivity index (χ4n) is 4.04. The summed E-state index contributed by atoms with van der Waals surface area (Å²) in [7, 11) is 0. The van der Waals surface area contributed by atoms with Gasteiger partial charge in [0.15, 0.2) is 5.69 Å². The molecule has 0 spiro atoms. The fourth-order valence-corrected chi connectivity index (χ4v) is 4.04. The Bertz CT molecular complexity index is 791. The number of aromatic hydroxyl groups is 1. The topological polar surface area (TPSA) is 61.6 Å². The van der Waals surface area contributed by atoms with Crippen LogP contribution in [0.25, 0.3) is 0 Å². The van der Waals surface area contributed by atoms with E-state index in [2.05, 4.69) is 16.9 Å². The Balaban J connectivity index is 1.57. The van der Waals surface area contributed by atoms with Gasteiger partial charge in [-0.15, -0.1) is 0 Å². The van der Waals surface area contributed by atoms with E-state index < -0.39 is 0 Å². The van der Waals surface area contributed by atoms with Crippen molar-refractivity contribution in [1.82, 2.24) is 19.6 Å². The van der Waals surface area contributed by atoms with Gasteiger partial charge in [0.1, 0.15) is 5.75 Å². The Labute approximate surface area is 154 Å². The van der Waals surface area contributed by atoms with Gasteiger partial charge in [0.25, 0.3) is 5.91 Å². The molecule has 0 radical (unpaired) electrons. The summed E-state index contributed by atoms with van der Waals surface area (Å²) in [5.74, 6) is 0.384. The van der Waals surface area contributed by atoms with Gasteiger partial charge in [0.05, 0.1) is 0 Å². The number of hydrogen-bond donors (Lipinski definition) is 1. The van der Waals surface area contributed by atoms with Crippen molar-refractivity contribution >= 4 is 5.91 Å². The third-order valence-electron chi connectivity index (χ3n) is 5.45. The number of rotatable bonds is 4. The highest BCUT2D eigenvalue weighted by Gasteiger charge is 2.30. The molecule has 4 rings (SSSR count). The standard InChI is InChI=1S/C20H26N4O2/c1-2-24-18-9-12-22(13-15-5-7-16(25)8-6-15)14-17(18)19(21-24)20(26)23-10-3-4-11-23/h5-8,25H,2-4,9-14H2,1H3. The zero-order chi connectivity index (χ0) is 18.1. The highest BCUT2D eigenvalue weighted by molar-refractivity contribution is 5.94. The molecule has 1 fully saturated rings. The highest BCUT2D eigenvalue weighted by atomic mass is 16.3. The molecule has 3 heterocycles. The van der Waals surface area contributed by atoms with Crippen LogP contribution in [0.1, 0.15) is 47.1 Å². The van der Waals surface area contributed by atoms with Crippen LogP contribution in [-0.4, -0.2) is 50.2 Å². The Morgan fingerprint density at radius 3 is 2.58 bits per heavy atom. The quantitative estimate of drug-likeness (QED) is 0.916. The van der Waals surface area contributed by atoms with Crippen molar-refractivity contribution in [3.8, 4) is 5.75 Å². The molecule has 2 aliphatic rings. The van der Waals surface area contributed by atoms with Crippen LogP contribution in [-0.2, 0) is 26.1 Å². The summed E-state index contributed by atoms with van der Waals surface area (Å²) in [5, 5.41) is 14.1. The average molecular weight is 354 g/mol. The van der Waals surface area contributed by atoms with Crippen molar-refractivity contribution in [2.45, 2.75) is 45.8 Å². The van der Waals surface area contributed by atoms with Crippen LogP contribution < -0.4 is 0 Å². The number of phenols is 1. The minimum absolute atomic E-state index is 0.0948. The zero-order valence-electron chi connectivity index (χ0n) is 15.3. The van der Waals surface area contributed by atoms with E-state index in [4.69, 9.17) is 0 Å². The molecule has 0 unspecified atom stereocenters. The van der Waals surface area contributed by atoms with Gasteiger partial charge in [-0.3, -0.25) is 14.4 Å². The van der Waals surface area contributed by atoms with E-state index in [1.807, 2.05) is 21.7 Å². The van der Waals surface area contributed by atoms with Crippen LogP contribution in [0, 0.1) is 0 Å². The third kappa shape index (κ3) is 3.21. The number of carbonyl (C=O) groups excluding carboxylic acids is 1. The van der Waals surface area contributed by atoms with E-state index in [1.165, 1.54) is 11.3 Å². The first-order chi connectivity index (χ1) is 12.7. The summed E-state index contributed by atoms with van der Waals surface area (Å²) in [4.78, 5) is 17.3. The van der Waals surface area contributed by atoms with Gasteiger partial charge >= 0.3 is 0 Å². The molecule has 1 aromatic carbocycles. The summed E-state index contributed by atoms with van der Waals surface area (Å²) < 4.78 is 2.01. The molecule has 0 aliphatic carbocycles. The zero-order valence-corrected chi connectivity index (χ0v) is 15.3. The van der Waals surface area contributed by atoms with Crippen LogP contribution in [0.4, 0.5) is 0 Å². The second kappa shape index (κ2) is 7.11. The Morgan fingerprint density at radius 2 is 1.88 bits per heavy atom. The van der Waals surface area contributed by atoms with Gasteiger partial charge in [-0.2, -0.15) is 5.10 Å². The average Bonchev–Trinajstić information content (AvgIpc) is 3.31. The van der Waals surface area contributed by atoms with Crippen LogP contribution in [0.5, 0.6) is 5.75 Å². The van der Waals surface area contributed by atoms with Crippen molar-refractivity contribution in [1.29, 1.82) is 0 Å². The molecule has 6 heteroatoms. The monoisotopic (exact) mass is 354 g/mol. The predicted octanol–water partition coefficient (Wildman–Crippen LogP) is 2.40. The molecule has 6 nitrogen and oxygen atoms in total. The summed E-state index contributed by atoms with van der Waals surface area (Å²) >= 11 is 0. The first-order valence-electron chi connectivity index (χ1n) is 9.54. The molecule has 2 aromatic rings. The number of aryl methyl sites for hydroxylation is 1. The first kappa shape index (κ1) is 17.1. The molecule has 0 saturated carbocycles. The second-order valence-corrected chi connectivity index (χ2v) is 7.22. The van der Waals surface area contributed by atoms with Gasteiger partial charge in [0.2, 0.25) is 0 Å². The summed E-state index contributed by atoms with van der Waals surface area (Å²) in [6.07, 6.45) is 3.10. The fraction of sp³-hybridized carbons (Fsp3) is 0.500. The Hall–Kier alpha value is -2.34. The summed E-state index contributed by atoms with van der Waals surface area (Å²) in [6.45, 7) is 7.11. The number of fused-ring (bicyclic) bond motifs is 1. The SMILES string of the molecule is CCn1nc(C(=O)N2CCCC2)c2c1CCN(Cc1ccc(O)cc1)C2. The van der Waals surface area contributed by atoms with E-state index in [0.29, 0.717) is 5.69 Å². The number of likely N-dealkylation sites (tertiary alicyclic amines) is 1. The largest absolute Gasteiger partial charge is 0.508 e. The number of hydrogen-bond acceptors (Lipinski definition) is 4. The van der Waals surface area contributed by atoms with Crippen LogP contribution >= 0.6 is 0 Å². The van der Waals surface area contributed by atoms with Crippen molar-refractivity contribution in [3.63, 3.8) is 0 Å². The van der Waals surface area contributed by atoms with Crippen LogP contribution in [0.15, 0.2) is 24.3 Å². The number of amides is 1. The van der Waals surface area contributed by atoms with Crippen LogP contribution in [0.2, 0.25) is 0 Å². The molecule has 1 saturated heterocycles. The van der Waals surface area contributed by atoms with E-state index in [-0.39, 0.29) is 11.7 Å². The summed E-state index contributed by atoms with van der Waals surface area (Å²) in [5.41, 5.74) is 4.14. The minimum atomic E-state index is 0.0948. The Kier molecular flexibility index (Phi) is 4.68. The lowest BCUT2D eigenvalue weighted by Crippen LogP contribution is -2.33. The lowest BCUT2D eigenvalue weighted by Gasteiger charge is -2.28. The maximum absolute atomic E-state index is 13.0. The molecule has 0 atom stereocenters. The van der Waals surface area contributed by atoms with Crippen LogP contribution in [0.3, 0.4) is 0 Å². The predicted molar refractivity (Wildman–Crippen MR) is 99.0 cm³/mol. The summed E-state index contributed by atoms with van der Waals surface area (Å²) in [6, 6.07) is 7.36. The smallest absolute Gasteiger partial charge is 0.274 e. The lowest BCUT2D eigenvalue weighted by molar-refractivity contribution is 0.0783. The first-order valence-corrected chi connectivity index (χ1v) is 9.54. The van der Waals surface area contributed by atoms with E-state index >= 15 is 0 Å². The molecule has 1 N–H and O–H groups in total. The van der Waals surface area contributed by atoms with Gasteiger partial charge in [-0.05, 0) is 37.5 Å². The number of phenolic OH excluding ortho intramolecular Hbond substituents is 1. The van der Waals surface area contributed by atoms with Gasteiger partial charge in [0, 0.05) is 56.9 Å². The molecular weight excluding hydrogens is 328 g/mol. The normalized spacial score (nSPS) is 17.5. The number of benzene rings is 1. The maximum atomic E-state index is 13.0. The van der Waals surface area contributed by atoms with Gasteiger partial charge in [-0.25, -0.2) is 0 Å². The molecule has 26 heavy (non-hydrogen) atoms. The van der Waals surface area contributed by atoms with E-state index in [1.54, 1.807) is 12.1 Å². The van der Waals surface area contributed by atoms with E-state index in [0.717, 1.165) is 64.1 Å². The van der Waals surface area contributed by atoms with Crippen molar-refractivity contribution < 1.29 is 9.90 Å². The van der Waals surface area contributed by atoms with Gasteiger partial charge < -0.3 is 10.0 Å². The molecule has 1 amide bonds. The molecule has 1 aromatic heterocycles. The van der Waals surface area contributed by atoms with E-state index in [9.17, 15) is 9.90 Å². The molecule has 2 aliphatic heterocycles. The second-order valence-electron chi connectivity index (χ2n) is 7.22. The molecule has 138 valence electrons. The number of carbonyl (C=O) groups is 1. The number of aromatic nitrogens is 2. The highest BCUT2D eigenvalue weighted by Crippen LogP contribution is 2.26. The third-order valence-corrected chi connectivity index (χ3v) is 5.45. The Morgan fingerprint density at radius 1 is 1.15 bits per heavy atom. The maximum Gasteiger partial charge on any atom is 0.274 e. The van der Waals surface area contributed by atoms with Crippen molar-refractivity contribution in [2.24, 2.45) is 0 Å². The molecular formula is C20H26N4O2.